The summed E-state index contributed by atoms with van der Waals surface area (Å²) in [5, 5.41) is 17.1. The first kappa shape index (κ1) is 10.8. The lowest BCUT2D eigenvalue weighted by Crippen LogP contribution is -2.37. The molecule has 1 heterocycles. The van der Waals surface area contributed by atoms with E-state index in [2.05, 4.69) is 10.3 Å². The van der Waals surface area contributed by atoms with E-state index in [1.165, 1.54) is 0 Å². The molecule has 0 radical (unpaired) electrons. The molecule has 1 aromatic carbocycles. The molecular weight excluding hydrogens is 204 g/mol. The Kier molecular flexibility index (Phi) is 2.72. The van der Waals surface area contributed by atoms with Gasteiger partial charge in [0.15, 0.2) is 0 Å². The van der Waals surface area contributed by atoms with Crippen LogP contribution in [0.5, 0.6) is 0 Å². The molecule has 0 amide bonds. The topological polar surface area (TPSA) is 77.0 Å². The predicted molar refractivity (Wildman–Crippen MR) is 60.0 cm³/mol. The second kappa shape index (κ2) is 4.03. The Morgan fingerprint density at radius 2 is 2.06 bits per heavy atom. The van der Waals surface area contributed by atoms with Gasteiger partial charge in [0, 0.05) is 0 Å². The first-order valence-corrected chi connectivity index (χ1v) is 5.01. The van der Waals surface area contributed by atoms with Crippen LogP contribution in [0.4, 0.5) is 0 Å². The maximum atomic E-state index is 9.13. The van der Waals surface area contributed by atoms with Crippen molar-refractivity contribution in [3.63, 3.8) is 0 Å². The molecule has 5 heteroatoms. The smallest absolute Gasteiger partial charge is 0.105 e. The zero-order chi connectivity index (χ0) is 11.6. The molecule has 0 bridgehead atoms. The van der Waals surface area contributed by atoms with Crippen LogP contribution in [0.1, 0.15) is 12.6 Å². The van der Waals surface area contributed by atoms with Gasteiger partial charge in [0.2, 0.25) is 0 Å². The minimum Gasteiger partial charge on any atom is -0.394 e. The third kappa shape index (κ3) is 1.95. The summed E-state index contributed by atoms with van der Waals surface area (Å²) in [4.78, 5) is 0. The highest BCUT2D eigenvalue weighted by Gasteiger charge is 2.23. The number of hydrogen-bond donors (Lipinski definition) is 2. The number of aliphatic hydroxyl groups is 1. The van der Waals surface area contributed by atoms with Crippen LogP contribution in [0.15, 0.2) is 36.5 Å². The maximum absolute atomic E-state index is 9.13. The molecule has 2 rings (SSSR count). The average molecular weight is 218 g/mol. The zero-order valence-electron chi connectivity index (χ0n) is 9.04. The molecule has 0 saturated heterocycles. The molecule has 5 nitrogen and oxygen atoms in total. The number of nitrogens with zero attached hydrogens (tertiary/aromatic N) is 3. The fraction of sp³-hybridized carbons (Fsp3) is 0.273. The van der Waals surface area contributed by atoms with E-state index in [1.54, 1.807) is 17.8 Å². The third-order valence-electron chi connectivity index (χ3n) is 2.43. The average Bonchev–Trinajstić information content (AvgIpc) is 2.80. The van der Waals surface area contributed by atoms with Crippen LogP contribution in [0.2, 0.25) is 0 Å². The van der Waals surface area contributed by atoms with Gasteiger partial charge in [-0.1, -0.05) is 23.4 Å². The lowest BCUT2D eigenvalue weighted by Gasteiger charge is -2.17. The zero-order valence-corrected chi connectivity index (χ0v) is 9.04. The van der Waals surface area contributed by atoms with Crippen molar-refractivity contribution in [3.8, 4) is 5.69 Å². The van der Waals surface area contributed by atoms with Crippen molar-refractivity contribution in [3.05, 3.63) is 42.2 Å². The lowest BCUT2D eigenvalue weighted by molar-refractivity contribution is 0.206. The van der Waals surface area contributed by atoms with Crippen molar-refractivity contribution in [1.29, 1.82) is 0 Å². The number of rotatable bonds is 3. The molecule has 1 atom stereocenters. The van der Waals surface area contributed by atoms with E-state index in [0.717, 1.165) is 5.69 Å². The highest BCUT2D eigenvalue weighted by atomic mass is 16.3. The van der Waals surface area contributed by atoms with E-state index in [0.29, 0.717) is 5.69 Å². The Labute approximate surface area is 93.5 Å². The minimum absolute atomic E-state index is 0.166. The van der Waals surface area contributed by atoms with Gasteiger partial charge in [0.1, 0.15) is 5.69 Å². The van der Waals surface area contributed by atoms with Crippen molar-refractivity contribution in [1.82, 2.24) is 15.0 Å². The summed E-state index contributed by atoms with van der Waals surface area (Å²) in [6.07, 6.45) is 1.73. The van der Waals surface area contributed by atoms with Crippen molar-refractivity contribution in [2.24, 2.45) is 5.73 Å². The summed E-state index contributed by atoms with van der Waals surface area (Å²) in [5.74, 6) is 0. The summed E-state index contributed by atoms with van der Waals surface area (Å²) in [5.41, 5.74) is 6.49. The van der Waals surface area contributed by atoms with Crippen LogP contribution in [0.3, 0.4) is 0 Å². The van der Waals surface area contributed by atoms with E-state index in [1.807, 2.05) is 30.3 Å². The third-order valence-corrected chi connectivity index (χ3v) is 2.43. The molecule has 0 aliphatic heterocycles. The van der Waals surface area contributed by atoms with Crippen molar-refractivity contribution in [2.75, 3.05) is 6.61 Å². The molecule has 1 aromatic heterocycles. The van der Waals surface area contributed by atoms with Crippen LogP contribution in [-0.2, 0) is 5.54 Å². The van der Waals surface area contributed by atoms with E-state index in [4.69, 9.17) is 10.8 Å². The SMILES string of the molecule is CC(N)(CO)c1cn(-c2ccccc2)nn1. The fourth-order valence-corrected chi connectivity index (χ4v) is 1.31. The number of para-hydroxylation sites is 1. The van der Waals surface area contributed by atoms with Crippen molar-refractivity contribution < 1.29 is 5.11 Å². The molecule has 0 saturated carbocycles. The van der Waals surface area contributed by atoms with Crippen LogP contribution in [0, 0.1) is 0 Å². The van der Waals surface area contributed by atoms with Crippen LogP contribution in [0.25, 0.3) is 5.69 Å². The van der Waals surface area contributed by atoms with Gasteiger partial charge in [-0.25, -0.2) is 4.68 Å². The second-order valence-corrected chi connectivity index (χ2v) is 3.96. The van der Waals surface area contributed by atoms with Gasteiger partial charge in [-0.2, -0.15) is 0 Å². The fourth-order valence-electron chi connectivity index (χ4n) is 1.31. The van der Waals surface area contributed by atoms with Gasteiger partial charge in [-0.3, -0.25) is 0 Å². The van der Waals surface area contributed by atoms with Gasteiger partial charge in [-0.15, -0.1) is 5.10 Å². The minimum atomic E-state index is -0.854. The van der Waals surface area contributed by atoms with Gasteiger partial charge < -0.3 is 10.8 Å². The van der Waals surface area contributed by atoms with Gasteiger partial charge in [0.25, 0.3) is 0 Å². The van der Waals surface area contributed by atoms with E-state index < -0.39 is 5.54 Å². The Hall–Kier alpha value is -1.72. The van der Waals surface area contributed by atoms with E-state index in [9.17, 15) is 0 Å². The van der Waals surface area contributed by atoms with E-state index in [-0.39, 0.29) is 6.61 Å². The standard InChI is InChI=1S/C11H14N4O/c1-11(12,8-16)10-7-15(14-13-10)9-5-3-2-4-6-9/h2-7,16H,8,12H2,1H3. The maximum Gasteiger partial charge on any atom is 0.105 e. The molecule has 0 spiro atoms. The van der Waals surface area contributed by atoms with Gasteiger partial charge in [0.05, 0.1) is 24.0 Å². The van der Waals surface area contributed by atoms with E-state index >= 15 is 0 Å². The van der Waals surface area contributed by atoms with Crippen molar-refractivity contribution in [2.45, 2.75) is 12.5 Å². The molecular formula is C11H14N4O. The summed E-state index contributed by atoms with van der Waals surface area (Å²) in [7, 11) is 0. The van der Waals surface area contributed by atoms with Crippen LogP contribution < -0.4 is 5.73 Å². The second-order valence-electron chi connectivity index (χ2n) is 3.96. The molecule has 3 N–H and O–H groups in total. The first-order chi connectivity index (χ1) is 7.63. The Morgan fingerprint density at radius 1 is 1.38 bits per heavy atom. The monoisotopic (exact) mass is 218 g/mol. The Bertz CT molecular complexity index is 464. The normalized spacial score (nSPS) is 14.7. The summed E-state index contributed by atoms with van der Waals surface area (Å²) in [6, 6.07) is 9.62. The van der Waals surface area contributed by atoms with Crippen molar-refractivity contribution >= 4 is 0 Å². The van der Waals surface area contributed by atoms with Crippen LogP contribution in [-0.4, -0.2) is 26.7 Å². The van der Waals surface area contributed by atoms with Gasteiger partial charge in [-0.05, 0) is 19.1 Å². The predicted octanol–water partition coefficient (Wildman–Crippen LogP) is 0.433. The molecule has 1 unspecified atom stereocenters. The highest BCUT2D eigenvalue weighted by Crippen LogP contribution is 2.15. The number of nitrogens with two attached hydrogens (primary N) is 1. The lowest BCUT2D eigenvalue weighted by atomic mass is 10.0. The molecule has 0 aliphatic rings. The number of aliphatic hydroxyl groups excluding tert-OH is 1. The van der Waals surface area contributed by atoms with Crippen LogP contribution >= 0.6 is 0 Å². The molecule has 84 valence electrons. The number of hydrogen-bond acceptors (Lipinski definition) is 4. The Morgan fingerprint density at radius 3 is 2.69 bits per heavy atom. The summed E-state index contributed by atoms with van der Waals surface area (Å²) in [6.45, 7) is 1.55. The summed E-state index contributed by atoms with van der Waals surface area (Å²) >= 11 is 0. The Balaban J connectivity index is 2.34. The quantitative estimate of drug-likeness (QED) is 0.783. The molecule has 0 aliphatic carbocycles. The van der Waals surface area contributed by atoms with Gasteiger partial charge >= 0.3 is 0 Å². The molecule has 2 aromatic rings. The number of benzene rings is 1. The molecule has 16 heavy (non-hydrogen) atoms. The summed E-state index contributed by atoms with van der Waals surface area (Å²) < 4.78 is 1.64. The largest absolute Gasteiger partial charge is 0.394 e. The molecule has 0 fully saturated rings. The first-order valence-electron chi connectivity index (χ1n) is 5.01. The number of aromatic nitrogens is 3. The highest BCUT2D eigenvalue weighted by molar-refractivity contribution is 5.30.